The number of hydrogen-bond acceptors (Lipinski definition) is 3. The third-order valence-corrected chi connectivity index (χ3v) is 3.56. The largest absolute Gasteiger partial charge is 0.395 e. The molecule has 1 fully saturated rings. The lowest BCUT2D eigenvalue weighted by Gasteiger charge is -2.33. The highest BCUT2D eigenvalue weighted by molar-refractivity contribution is 5.91. The molecule has 0 aromatic heterocycles. The minimum atomic E-state index is 0.0650. The van der Waals surface area contributed by atoms with Crippen LogP contribution in [0, 0.1) is 6.92 Å². The number of benzene rings is 1. The lowest BCUT2D eigenvalue weighted by Crippen LogP contribution is -2.48. The molecule has 0 unspecified atom stereocenters. The van der Waals surface area contributed by atoms with Crippen LogP contribution < -0.4 is 0 Å². The highest BCUT2D eigenvalue weighted by Crippen LogP contribution is 2.07. The average Bonchev–Trinajstić information content (AvgIpc) is 2.46. The SMILES string of the molecule is Cc1cccc(C=CC(=O)N2CCN(CCO)CC2)c1. The summed E-state index contributed by atoms with van der Waals surface area (Å²) in [5.41, 5.74) is 2.24. The maximum absolute atomic E-state index is 12.1. The van der Waals surface area contributed by atoms with Gasteiger partial charge in [-0.15, -0.1) is 0 Å². The minimum absolute atomic E-state index is 0.0650. The summed E-state index contributed by atoms with van der Waals surface area (Å²) in [6.07, 6.45) is 3.52. The third kappa shape index (κ3) is 4.18. The first kappa shape index (κ1) is 14.8. The average molecular weight is 274 g/mol. The number of aryl methyl sites for hydroxylation is 1. The molecule has 1 aromatic carbocycles. The summed E-state index contributed by atoms with van der Waals surface area (Å²) in [5.74, 6) is 0.0650. The quantitative estimate of drug-likeness (QED) is 0.838. The summed E-state index contributed by atoms with van der Waals surface area (Å²) < 4.78 is 0. The molecule has 1 aliphatic rings. The van der Waals surface area contributed by atoms with Gasteiger partial charge >= 0.3 is 0 Å². The lowest BCUT2D eigenvalue weighted by molar-refractivity contribution is -0.127. The standard InChI is InChI=1S/C16H22N2O2/c1-14-3-2-4-15(13-14)5-6-16(20)18-9-7-17(8-10-18)11-12-19/h2-6,13,19H,7-12H2,1H3. The summed E-state index contributed by atoms with van der Waals surface area (Å²) in [6, 6.07) is 8.09. The smallest absolute Gasteiger partial charge is 0.246 e. The zero-order valence-corrected chi connectivity index (χ0v) is 12.0. The zero-order chi connectivity index (χ0) is 14.4. The van der Waals surface area contributed by atoms with Gasteiger partial charge in [0.05, 0.1) is 6.61 Å². The molecule has 0 aliphatic carbocycles. The first-order valence-electron chi connectivity index (χ1n) is 7.06. The Bertz CT molecular complexity index is 477. The van der Waals surface area contributed by atoms with Crippen LogP contribution in [0.2, 0.25) is 0 Å². The Morgan fingerprint density at radius 1 is 1.30 bits per heavy atom. The van der Waals surface area contributed by atoms with Gasteiger partial charge in [-0.1, -0.05) is 29.8 Å². The van der Waals surface area contributed by atoms with Gasteiger partial charge < -0.3 is 10.0 Å². The second kappa shape index (κ2) is 7.22. The van der Waals surface area contributed by atoms with E-state index in [1.807, 2.05) is 36.1 Å². The molecule has 1 saturated heterocycles. The second-order valence-corrected chi connectivity index (χ2v) is 5.14. The Hall–Kier alpha value is -1.65. The zero-order valence-electron chi connectivity index (χ0n) is 12.0. The molecule has 1 aliphatic heterocycles. The molecular formula is C16H22N2O2. The van der Waals surface area contributed by atoms with E-state index < -0.39 is 0 Å². The van der Waals surface area contributed by atoms with Gasteiger partial charge in [0.1, 0.15) is 0 Å². The van der Waals surface area contributed by atoms with Crippen molar-refractivity contribution in [3.63, 3.8) is 0 Å². The van der Waals surface area contributed by atoms with Crippen molar-refractivity contribution in [3.8, 4) is 0 Å². The van der Waals surface area contributed by atoms with E-state index in [4.69, 9.17) is 5.11 Å². The van der Waals surface area contributed by atoms with E-state index in [1.54, 1.807) is 6.08 Å². The van der Waals surface area contributed by atoms with E-state index in [1.165, 1.54) is 5.56 Å². The molecule has 20 heavy (non-hydrogen) atoms. The minimum Gasteiger partial charge on any atom is -0.395 e. The Labute approximate surface area is 120 Å². The highest BCUT2D eigenvalue weighted by atomic mass is 16.3. The molecule has 0 spiro atoms. The van der Waals surface area contributed by atoms with Crippen LogP contribution in [0.4, 0.5) is 0 Å². The van der Waals surface area contributed by atoms with Gasteiger partial charge in [0.25, 0.3) is 0 Å². The molecule has 4 nitrogen and oxygen atoms in total. The number of piperazine rings is 1. The van der Waals surface area contributed by atoms with Crippen molar-refractivity contribution in [2.75, 3.05) is 39.3 Å². The van der Waals surface area contributed by atoms with Crippen LogP contribution in [0.15, 0.2) is 30.3 Å². The number of amides is 1. The maximum Gasteiger partial charge on any atom is 0.246 e. The number of nitrogens with zero attached hydrogens (tertiary/aromatic N) is 2. The highest BCUT2D eigenvalue weighted by Gasteiger charge is 2.18. The third-order valence-electron chi connectivity index (χ3n) is 3.56. The van der Waals surface area contributed by atoms with Gasteiger partial charge in [-0.25, -0.2) is 0 Å². The Kier molecular flexibility index (Phi) is 5.32. The van der Waals surface area contributed by atoms with Crippen molar-refractivity contribution in [3.05, 3.63) is 41.5 Å². The summed E-state index contributed by atoms with van der Waals surface area (Å²) in [4.78, 5) is 16.1. The number of carbonyl (C=O) groups excluding carboxylic acids is 1. The number of rotatable bonds is 4. The Balaban J connectivity index is 1.86. The molecule has 0 bridgehead atoms. The van der Waals surface area contributed by atoms with Gasteiger partial charge in [0.2, 0.25) is 5.91 Å². The molecular weight excluding hydrogens is 252 g/mol. The maximum atomic E-state index is 12.1. The van der Waals surface area contributed by atoms with Crippen LogP contribution in [0.1, 0.15) is 11.1 Å². The number of aliphatic hydroxyl groups is 1. The summed E-state index contributed by atoms with van der Waals surface area (Å²) in [7, 11) is 0. The second-order valence-electron chi connectivity index (χ2n) is 5.14. The number of carbonyl (C=O) groups is 1. The van der Waals surface area contributed by atoms with Gasteiger partial charge in [-0.05, 0) is 18.6 Å². The van der Waals surface area contributed by atoms with E-state index in [2.05, 4.69) is 11.0 Å². The van der Waals surface area contributed by atoms with E-state index in [0.717, 1.165) is 31.7 Å². The molecule has 1 N–H and O–H groups in total. The fourth-order valence-electron chi connectivity index (χ4n) is 2.38. The summed E-state index contributed by atoms with van der Waals surface area (Å²) >= 11 is 0. The first-order chi connectivity index (χ1) is 9.69. The molecule has 1 amide bonds. The number of hydrogen-bond donors (Lipinski definition) is 1. The lowest BCUT2D eigenvalue weighted by atomic mass is 10.1. The van der Waals surface area contributed by atoms with Gasteiger partial charge in [0.15, 0.2) is 0 Å². The van der Waals surface area contributed by atoms with Crippen molar-refractivity contribution in [1.82, 2.24) is 9.80 Å². The molecule has 0 saturated carbocycles. The van der Waals surface area contributed by atoms with E-state index in [-0.39, 0.29) is 12.5 Å². The van der Waals surface area contributed by atoms with E-state index in [0.29, 0.717) is 6.54 Å². The van der Waals surface area contributed by atoms with Gasteiger partial charge in [0, 0.05) is 38.8 Å². The van der Waals surface area contributed by atoms with Crippen LogP contribution in [0.25, 0.3) is 6.08 Å². The summed E-state index contributed by atoms with van der Waals surface area (Å²) in [6.45, 7) is 6.06. The molecule has 0 radical (unpaired) electrons. The molecule has 108 valence electrons. The molecule has 1 heterocycles. The van der Waals surface area contributed by atoms with Crippen molar-refractivity contribution in [2.45, 2.75) is 6.92 Å². The van der Waals surface area contributed by atoms with Crippen molar-refractivity contribution in [2.24, 2.45) is 0 Å². The Morgan fingerprint density at radius 3 is 2.70 bits per heavy atom. The monoisotopic (exact) mass is 274 g/mol. The first-order valence-corrected chi connectivity index (χ1v) is 7.06. The number of aliphatic hydroxyl groups excluding tert-OH is 1. The fraction of sp³-hybridized carbons (Fsp3) is 0.438. The molecule has 4 heteroatoms. The van der Waals surface area contributed by atoms with Gasteiger partial charge in [-0.3, -0.25) is 9.69 Å². The fourth-order valence-corrected chi connectivity index (χ4v) is 2.38. The predicted octanol–water partition coefficient (Wildman–Crippen LogP) is 1.14. The Morgan fingerprint density at radius 2 is 2.05 bits per heavy atom. The molecule has 1 aromatic rings. The van der Waals surface area contributed by atoms with Crippen molar-refractivity contribution < 1.29 is 9.90 Å². The van der Waals surface area contributed by atoms with E-state index in [9.17, 15) is 4.79 Å². The summed E-state index contributed by atoms with van der Waals surface area (Å²) in [5, 5.41) is 8.89. The predicted molar refractivity (Wildman–Crippen MR) is 80.3 cm³/mol. The van der Waals surface area contributed by atoms with Crippen molar-refractivity contribution >= 4 is 12.0 Å². The molecule has 0 atom stereocenters. The van der Waals surface area contributed by atoms with E-state index >= 15 is 0 Å². The van der Waals surface area contributed by atoms with Crippen LogP contribution in [-0.2, 0) is 4.79 Å². The molecule has 2 rings (SSSR count). The number of β-amino-alcohol motifs (C(OH)–C–C–N with tert-alkyl or cyclic N) is 1. The van der Waals surface area contributed by atoms with Gasteiger partial charge in [-0.2, -0.15) is 0 Å². The van der Waals surface area contributed by atoms with Crippen LogP contribution in [0.3, 0.4) is 0 Å². The normalized spacial score (nSPS) is 16.8. The van der Waals surface area contributed by atoms with Crippen molar-refractivity contribution in [1.29, 1.82) is 0 Å². The topological polar surface area (TPSA) is 43.8 Å². The van der Waals surface area contributed by atoms with Crippen LogP contribution in [-0.4, -0.2) is 60.1 Å². The van der Waals surface area contributed by atoms with Crippen LogP contribution in [0.5, 0.6) is 0 Å². The van der Waals surface area contributed by atoms with Crippen LogP contribution >= 0.6 is 0 Å².